The SMILES string of the molecule is Cc1c(NC(=O)c2ccc(C(C)(C)C)cc2)cccc1-c1cccc2[nH]c3cc(C(=O)N4CCN(C)CC4)ccc3c12. The number of piperazine rings is 1. The summed E-state index contributed by atoms with van der Waals surface area (Å²) in [6, 6.07) is 26.1. The Bertz CT molecular complexity index is 1800. The Morgan fingerprint density at radius 1 is 0.786 bits per heavy atom. The van der Waals surface area contributed by atoms with Gasteiger partial charge in [0.2, 0.25) is 0 Å². The van der Waals surface area contributed by atoms with Crippen molar-refractivity contribution in [1.29, 1.82) is 0 Å². The highest BCUT2D eigenvalue weighted by atomic mass is 16.2. The smallest absolute Gasteiger partial charge is 0.255 e. The van der Waals surface area contributed by atoms with Gasteiger partial charge in [-0.3, -0.25) is 9.59 Å². The van der Waals surface area contributed by atoms with Gasteiger partial charge in [0.05, 0.1) is 0 Å². The van der Waals surface area contributed by atoms with Crippen molar-refractivity contribution >= 4 is 39.3 Å². The van der Waals surface area contributed by atoms with Gasteiger partial charge in [0.1, 0.15) is 0 Å². The van der Waals surface area contributed by atoms with Gasteiger partial charge in [-0.05, 0) is 78.0 Å². The molecule has 0 bridgehead atoms. The van der Waals surface area contributed by atoms with Gasteiger partial charge < -0.3 is 20.1 Å². The average molecular weight is 559 g/mol. The maximum atomic E-state index is 13.2. The molecule has 1 aliphatic rings. The number of carbonyl (C=O) groups is 2. The topological polar surface area (TPSA) is 68.4 Å². The van der Waals surface area contributed by atoms with E-state index in [0.717, 1.165) is 70.4 Å². The highest BCUT2D eigenvalue weighted by Gasteiger charge is 2.22. The number of carbonyl (C=O) groups excluding carboxylic acids is 2. The molecule has 1 fully saturated rings. The van der Waals surface area contributed by atoms with Crippen LogP contribution in [0.3, 0.4) is 0 Å². The minimum absolute atomic E-state index is 0.0328. The van der Waals surface area contributed by atoms with Gasteiger partial charge in [0, 0.05) is 64.8 Å². The number of anilines is 1. The summed E-state index contributed by atoms with van der Waals surface area (Å²) in [7, 11) is 2.09. The standard InChI is InChI=1S/C36H38N4O2/c1-23-27(8-6-10-30(23)38-34(41)24-12-15-26(16-13-24)36(2,3)4)28-9-7-11-31-33(28)29-17-14-25(22-32(29)37-31)35(42)40-20-18-39(5)19-21-40/h6-17,22,37H,18-21H2,1-5H3,(H,38,41). The molecular formula is C36H38N4O2. The van der Waals surface area contributed by atoms with E-state index < -0.39 is 0 Å². The van der Waals surface area contributed by atoms with Crippen LogP contribution in [-0.2, 0) is 5.41 Å². The number of hydrogen-bond donors (Lipinski definition) is 2. The molecule has 6 rings (SSSR count). The van der Waals surface area contributed by atoms with Crippen LogP contribution in [-0.4, -0.2) is 59.8 Å². The molecule has 214 valence electrons. The van der Waals surface area contributed by atoms with Crippen LogP contribution in [0.4, 0.5) is 5.69 Å². The summed E-state index contributed by atoms with van der Waals surface area (Å²) in [5.74, 6) is -0.0465. The predicted molar refractivity (Wildman–Crippen MR) is 172 cm³/mol. The molecule has 6 heteroatoms. The lowest BCUT2D eigenvalue weighted by atomic mass is 9.86. The summed E-state index contributed by atoms with van der Waals surface area (Å²) in [4.78, 5) is 34.2. The van der Waals surface area contributed by atoms with Crippen molar-refractivity contribution in [1.82, 2.24) is 14.8 Å². The fourth-order valence-electron chi connectivity index (χ4n) is 5.89. The van der Waals surface area contributed by atoms with Crippen molar-refractivity contribution in [2.24, 2.45) is 0 Å². The number of benzene rings is 4. The summed E-state index contributed by atoms with van der Waals surface area (Å²) < 4.78 is 0. The summed E-state index contributed by atoms with van der Waals surface area (Å²) in [6.07, 6.45) is 0. The summed E-state index contributed by atoms with van der Waals surface area (Å²) in [5.41, 5.74) is 8.45. The number of amides is 2. The molecule has 4 aromatic carbocycles. The zero-order valence-corrected chi connectivity index (χ0v) is 25.0. The third-order valence-electron chi connectivity index (χ3n) is 8.55. The van der Waals surface area contributed by atoms with E-state index in [4.69, 9.17) is 0 Å². The Labute approximate surface area is 247 Å². The van der Waals surface area contributed by atoms with E-state index in [9.17, 15) is 9.59 Å². The van der Waals surface area contributed by atoms with Crippen LogP contribution in [0.25, 0.3) is 32.9 Å². The van der Waals surface area contributed by atoms with E-state index in [1.165, 1.54) is 5.56 Å². The number of aromatic nitrogens is 1. The number of nitrogens with one attached hydrogen (secondary N) is 2. The normalized spacial score (nSPS) is 14.5. The van der Waals surface area contributed by atoms with Gasteiger partial charge in [0.15, 0.2) is 0 Å². The number of likely N-dealkylation sites (N-methyl/N-ethyl adjacent to an activating group) is 1. The number of aromatic amines is 1. The van der Waals surface area contributed by atoms with Crippen LogP contribution < -0.4 is 5.32 Å². The molecule has 1 aliphatic heterocycles. The third kappa shape index (κ3) is 5.19. The van der Waals surface area contributed by atoms with Crippen LogP contribution in [0.2, 0.25) is 0 Å². The van der Waals surface area contributed by atoms with Gasteiger partial charge in [0.25, 0.3) is 11.8 Å². The maximum absolute atomic E-state index is 13.2. The Kier molecular flexibility index (Phi) is 7.11. The lowest BCUT2D eigenvalue weighted by Gasteiger charge is -2.32. The fourth-order valence-corrected chi connectivity index (χ4v) is 5.89. The first-order valence-corrected chi connectivity index (χ1v) is 14.6. The van der Waals surface area contributed by atoms with Gasteiger partial charge in [-0.25, -0.2) is 0 Å². The maximum Gasteiger partial charge on any atom is 0.255 e. The molecule has 5 aromatic rings. The van der Waals surface area contributed by atoms with Crippen molar-refractivity contribution in [3.63, 3.8) is 0 Å². The van der Waals surface area contributed by atoms with Crippen molar-refractivity contribution < 1.29 is 9.59 Å². The first-order valence-electron chi connectivity index (χ1n) is 14.6. The second-order valence-electron chi connectivity index (χ2n) is 12.5. The minimum Gasteiger partial charge on any atom is -0.354 e. The molecule has 2 heterocycles. The van der Waals surface area contributed by atoms with E-state index >= 15 is 0 Å². The number of rotatable bonds is 4. The molecule has 0 unspecified atom stereocenters. The molecule has 42 heavy (non-hydrogen) atoms. The van der Waals surface area contributed by atoms with Crippen molar-refractivity contribution in [2.45, 2.75) is 33.1 Å². The van der Waals surface area contributed by atoms with Gasteiger partial charge in [-0.1, -0.05) is 63.2 Å². The number of H-pyrrole nitrogens is 1. The highest BCUT2D eigenvalue weighted by Crippen LogP contribution is 2.38. The number of hydrogen-bond acceptors (Lipinski definition) is 3. The molecule has 0 atom stereocenters. The molecule has 0 saturated carbocycles. The Morgan fingerprint density at radius 3 is 2.17 bits per heavy atom. The Hall–Kier alpha value is -4.42. The van der Waals surface area contributed by atoms with E-state index in [1.807, 2.05) is 66.4 Å². The van der Waals surface area contributed by atoms with Crippen LogP contribution in [0, 0.1) is 6.92 Å². The monoisotopic (exact) mass is 558 g/mol. The van der Waals surface area contributed by atoms with E-state index in [-0.39, 0.29) is 17.2 Å². The van der Waals surface area contributed by atoms with Crippen LogP contribution >= 0.6 is 0 Å². The summed E-state index contributed by atoms with van der Waals surface area (Å²) >= 11 is 0. The van der Waals surface area contributed by atoms with Gasteiger partial charge in [-0.15, -0.1) is 0 Å². The molecule has 1 saturated heterocycles. The van der Waals surface area contributed by atoms with Crippen LogP contribution in [0.5, 0.6) is 0 Å². The first-order chi connectivity index (χ1) is 20.1. The van der Waals surface area contributed by atoms with Crippen molar-refractivity contribution in [2.75, 3.05) is 38.5 Å². The lowest BCUT2D eigenvalue weighted by molar-refractivity contribution is 0.0664. The second-order valence-corrected chi connectivity index (χ2v) is 12.5. The highest BCUT2D eigenvalue weighted by molar-refractivity contribution is 6.16. The summed E-state index contributed by atoms with van der Waals surface area (Å²) in [6.45, 7) is 11.8. The number of fused-ring (bicyclic) bond motifs is 3. The van der Waals surface area contributed by atoms with E-state index in [2.05, 4.69) is 67.3 Å². The summed E-state index contributed by atoms with van der Waals surface area (Å²) in [5, 5.41) is 5.32. The van der Waals surface area contributed by atoms with Crippen molar-refractivity contribution in [3.8, 4) is 11.1 Å². The zero-order valence-electron chi connectivity index (χ0n) is 25.0. The molecule has 0 radical (unpaired) electrons. The van der Waals surface area contributed by atoms with Gasteiger partial charge >= 0.3 is 0 Å². The fraction of sp³-hybridized carbons (Fsp3) is 0.278. The largest absolute Gasteiger partial charge is 0.354 e. The Balaban J connectivity index is 1.32. The molecule has 6 nitrogen and oxygen atoms in total. The Morgan fingerprint density at radius 2 is 1.45 bits per heavy atom. The molecule has 2 amide bonds. The molecule has 1 aromatic heterocycles. The molecular weight excluding hydrogens is 520 g/mol. The van der Waals surface area contributed by atoms with Crippen LogP contribution in [0.1, 0.15) is 52.6 Å². The van der Waals surface area contributed by atoms with E-state index in [1.54, 1.807) is 0 Å². The predicted octanol–water partition coefficient (Wildman–Crippen LogP) is 7.23. The average Bonchev–Trinajstić information content (AvgIpc) is 3.36. The minimum atomic E-state index is -0.126. The lowest BCUT2D eigenvalue weighted by Crippen LogP contribution is -2.47. The molecule has 2 N–H and O–H groups in total. The van der Waals surface area contributed by atoms with E-state index in [0.29, 0.717) is 11.1 Å². The molecule has 0 spiro atoms. The van der Waals surface area contributed by atoms with Crippen molar-refractivity contribution in [3.05, 3.63) is 101 Å². The van der Waals surface area contributed by atoms with Crippen LogP contribution in [0.15, 0.2) is 78.9 Å². The van der Waals surface area contributed by atoms with Gasteiger partial charge in [-0.2, -0.15) is 0 Å². The zero-order chi connectivity index (χ0) is 29.6. The third-order valence-corrected chi connectivity index (χ3v) is 8.55. The first kappa shape index (κ1) is 27.7. The second kappa shape index (κ2) is 10.8. The quantitative estimate of drug-likeness (QED) is 0.244. The number of nitrogens with zero attached hydrogens (tertiary/aromatic N) is 2. The molecule has 0 aliphatic carbocycles.